The van der Waals surface area contributed by atoms with Gasteiger partial charge in [0.1, 0.15) is 17.6 Å². The van der Waals surface area contributed by atoms with Gasteiger partial charge in [-0.25, -0.2) is 0 Å². The highest BCUT2D eigenvalue weighted by Crippen LogP contribution is 2.68. The predicted molar refractivity (Wildman–Crippen MR) is 165 cm³/mol. The molecule has 0 radical (unpaired) electrons. The van der Waals surface area contributed by atoms with Crippen LogP contribution in [0.5, 0.6) is 5.75 Å². The Labute approximate surface area is 253 Å². The van der Waals surface area contributed by atoms with Gasteiger partial charge in [0.15, 0.2) is 5.75 Å². The van der Waals surface area contributed by atoms with Gasteiger partial charge in [-0.1, -0.05) is 33.8 Å². The fourth-order valence-corrected chi connectivity index (χ4v) is 10.1. The van der Waals surface area contributed by atoms with Gasteiger partial charge in [-0.3, -0.25) is 19.2 Å². The lowest BCUT2D eigenvalue weighted by molar-refractivity contribution is -0.205. The molecule has 3 aliphatic carbocycles. The summed E-state index contributed by atoms with van der Waals surface area (Å²) in [6.45, 7) is 15.3. The molecule has 3 saturated carbocycles. The van der Waals surface area contributed by atoms with Crippen molar-refractivity contribution >= 4 is 29.2 Å². The number of ketones is 1. The zero-order valence-corrected chi connectivity index (χ0v) is 26.6. The van der Waals surface area contributed by atoms with E-state index >= 15 is 0 Å². The van der Waals surface area contributed by atoms with Gasteiger partial charge < -0.3 is 19.5 Å². The van der Waals surface area contributed by atoms with Crippen LogP contribution in [0.15, 0.2) is 22.2 Å². The number of rotatable bonds is 9. The highest BCUT2D eigenvalue weighted by molar-refractivity contribution is 7.99. The van der Waals surface area contributed by atoms with Crippen LogP contribution >= 0.6 is 11.8 Å². The first kappa shape index (κ1) is 31.3. The van der Waals surface area contributed by atoms with E-state index in [1.54, 1.807) is 6.92 Å². The molecule has 1 unspecified atom stereocenters. The topological polar surface area (TPSA) is 110 Å². The van der Waals surface area contributed by atoms with E-state index in [9.17, 15) is 24.3 Å². The van der Waals surface area contributed by atoms with Crippen molar-refractivity contribution < 1.29 is 24.2 Å². The van der Waals surface area contributed by atoms with Crippen LogP contribution in [0, 0.1) is 34.0 Å². The third-order valence-corrected chi connectivity index (χ3v) is 13.0. The maximum atomic E-state index is 13.6. The summed E-state index contributed by atoms with van der Waals surface area (Å²) in [5.74, 6) is 0.697. The van der Waals surface area contributed by atoms with E-state index in [-0.39, 0.29) is 52.5 Å². The van der Waals surface area contributed by atoms with Crippen LogP contribution in [0.3, 0.4) is 0 Å². The van der Waals surface area contributed by atoms with Crippen molar-refractivity contribution in [2.75, 3.05) is 29.6 Å². The minimum absolute atomic E-state index is 0.0278. The molecule has 2 bridgehead atoms. The third kappa shape index (κ3) is 4.68. The van der Waals surface area contributed by atoms with Gasteiger partial charge in [0, 0.05) is 41.5 Å². The van der Waals surface area contributed by atoms with E-state index in [1.165, 1.54) is 11.8 Å². The summed E-state index contributed by atoms with van der Waals surface area (Å²) in [6.07, 6.45) is 5.89. The zero-order valence-electron chi connectivity index (χ0n) is 25.8. The monoisotopic (exact) mass is 601 g/mol. The van der Waals surface area contributed by atoms with Crippen LogP contribution in [-0.4, -0.2) is 59.8 Å². The number of aliphatic hydroxyl groups is 1. The Morgan fingerprint density at radius 2 is 1.90 bits per heavy atom. The van der Waals surface area contributed by atoms with Crippen molar-refractivity contribution in [3.8, 4) is 5.75 Å². The average molecular weight is 602 g/mol. The summed E-state index contributed by atoms with van der Waals surface area (Å²) < 4.78 is 11.8. The van der Waals surface area contributed by atoms with Gasteiger partial charge in [-0.15, -0.1) is 18.3 Å². The number of nitrogens with zero attached hydrogens (tertiary/aromatic N) is 1. The molecule has 9 heteroatoms. The lowest BCUT2D eigenvalue weighted by atomic mass is 9.44. The molecule has 1 aromatic rings. The largest absolute Gasteiger partial charge is 0.488 e. The number of carbonyl (C=O) groups is 2. The van der Waals surface area contributed by atoms with Gasteiger partial charge in [0.25, 0.3) is 10.9 Å². The summed E-state index contributed by atoms with van der Waals surface area (Å²) in [5.41, 5.74) is -2.18. The number of aliphatic hydroxyl groups excluding tert-OH is 1. The lowest BCUT2D eigenvalue weighted by Crippen LogP contribution is -2.63. The molecule has 9 atom stereocenters. The Bertz CT molecular complexity index is 1300. The molecule has 4 fully saturated rings. The van der Waals surface area contributed by atoms with E-state index in [0.717, 1.165) is 32.1 Å². The van der Waals surface area contributed by atoms with E-state index in [0.29, 0.717) is 37.4 Å². The molecule has 1 aromatic carbocycles. The Morgan fingerprint density at radius 3 is 2.60 bits per heavy atom. The first-order valence-electron chi connectivity index (χ1n) is 15.7. The number of anilines is 1. The number of hydrogen-bond acceptors (Lipinski definition) is 9. The normalized spacial score (nSPS) is 40.0. The molecule has 0 amide bonds. The molecule has 1 N–H and O–H groups in total. The van der Waals surface area contributed by atoms with E-state index in [2.05, 4.69) is 27.4 Å². The Kier molecular flexibility index (Phi) is 8.51. The van der Waals surface area contributed by atoms with Gasteiger partial charge >= 0.3 is 5.97 Å². The standard InChI is InChI=1S/C33H47NO7S/c1-7-31(5)16-23(32(6)19(3)11-13-33(20(4)30(31)39)14-12-22(35)29(32)33)41-24(36)18-42-17-21-10-9-15-34(21)25-26(37)27(38)28(25)40-8-2/h7,19-21,23,29-30,39H,1,8-18H2,2-6H3/t19-,20+,21?,23-,29+,30+,31-,32+,33+/m1/s1. The van der Waals surface area contributed by atoms with Gasteiger partial charge in [0.2, 0.25) is 0 Å². The van der Waals surface area contributed by atoms with Crippen LogP contribution in [0.25, 0.3) is 0 Å². The van der Waals surface area contributed by atoms with Crippen molar-refractivity contribution in [3.63, 3.8) is 0 Å². The van der Waals surface area contributed by atoms with Crippen LogP contribution in [0.2, 0.25) is 0 Å². The smallest absolute Gasteiger partial charge is 0.316 e. The predicted octanol–water partition coefficient (Wildman–Crippen LogP) is 4.29. The molecule has 232 valence electrons. The molecular weight excluding hydrogens is 554 g/mol. The van der Waals surface area contributed by atoms with Crippen LogP contribution in [0.1, 0.15) is 79.6 Å². The molecule has 5 rings (SSSR count). The zero-order chi connectivity index (χ0) is 30.6. The minimum Gasteiger partial charge on any atom is -0.488 e. The second-order valence-electron chi connectivity index (χ2n) is 13.8. The molecule has 0 spiro atoms. The number of thioether (sulfide) groups is 1. The summed E-state index contributed by atoms with van der Waals surface area (Å²) in [5, 5.41) is 11.7. The first-order valence-corrected chi connectivity index (χ1v) is 16.9. The quantitative estimate of drug-likeness (QED) is 0.252. The number of carbonyl (C=O) groups excluding carboxylic acids is 2. The Morgan fingerprint density at radius 1 is 1.17 bits per heavy atom. The number of hydrogen-bond donors (Lipinski definition) is 1. The minimum atomic E-state index is -0.692. The van der Waals surface area contributed by atoms with Gasteiger partial charge in [-0.05, 0) is 62.7 Å². The molecule has 42 heavy (non-hydrogen) atoms. The van der Waals surface area contributed by atoms with Crippen molar-refractivity contribution in [2.45, 2.75) is 97.8 Å². The van der Waals surface area contributed by atoms with Crippen LogP contribution < -0.4 is 20.5 Å². The molecule has 1 aliphatic heterocycles. The van der Waals surface area contributed by atoms with Crippen molar-refractivity contribution in [3.05, 3.63) is 33.1 Å². The maximum Gasteiger partial charge on any atom is 0.316 e. The fraction of sp³-hybridized carbons (Fsp3) is 0.758. The molecule has 0 aromatic heterocycles. The van der Waals surface area contributed by atoms with E-state index in [1.807, 2.05) is 17.9 Å². The number of Topliss-reactive ketones (excluding diaryl/α,β-unsaturated/α-hetero) is 1. The van der Waals surface area contributed by atoms with Crippen molar-refractivity contribution in [1.82, 2.24) is 0 Å². The highest BCUT2D eigenvalue weighted by atomic mass is 32.2. The molecule has 1 heterocycles. The summed E-state index contributed by atoms with van der Waals surface area (Å²) >= 11 is 1.46. The number of ether oxygens (including phenoxy) is 2. The Hall–Kier alpha value is -2.13. The second kappa shape index (κ2) is 11.4. The van der Waals surface area contributed by atoms with E-state index < -0.39 is 33.9 Å². The molecular formula is C33H47NO7S. The lowest BCUT2D eigenvalue weighted by Gasteiger charge is -2.61. The van der Waals surface area contributed by atoms with Crippen molar-refractivity contribution in [1.29, 1.82) is 0 Å². The molecule has 8 nitrogen and oxygen atoms in total. The van der Waals surface area contributed by atoms with Crippen LogP contribution in [0.4, 0.5) is 5.69 Å². The van der Waals surface area contributed by atoms with E-state index in [4.69, 9.17) is 9.47 Å². The van der Waals surface area contributed by atoms with Gasteiger partial charge in [-0.2, -0.15) is 0 Å². The highest BCUT2D eigenvalue weighted by Gasteiger charge is 2.68. The summed E-state index contributed by atoms with van der Waals surface area (Å²) in [4.78, 5) is 53.4. The fourth-order valence-electron chi connectivity index (χ4n) is 9.17. The summed E-state index contributed by atoms with van der Waals surface area (Å²) in [7, 11) is 0. The maximum absolute atomic E-state index is 13.6. The Balaban J connectivity index is 1.32. The number of esters is 1. The molecule has 4 aliphatic rings. The second-order valence-corrected chi connectivity index (χ2v) is 14.9. The SMILES string of the molecule is C=C[C@]1(C)C[C@@H](OC(=O)CSCC2CCCN2c2c(OCC)c(=O)c2=O)[C@]2(C)[C@H](C)CC[C@]3(CCC(=O)[C@H]32)[C@@H](C)[C@@H]1O. The first-order chi connectivity index (χ1) is 19.9. The average Bonchev–Trinajstić information content (AvgIpc) is 3.57. The van der Waals surface area contributed by atoms with Gasteiger partial charge in [0.05, 0.1) is 18.5 Å². The summed E-state index contributed by atoms with van der Waals surface area (Å²) in [6, 6.07) is 0.0278. The van der Waals surface area contributed by atoms with Crippen molar-refractivity contribution in [2.24, 2.45) is 34.0 Å². The third-order valence-electron chi connectivity index (χ3n) is 11.9. The molecule has 1 saturated heterocycles. The van der Waals surface area contributed by atoms with Crippen LogP contribution in [-0.2, 0) is 14.3 Å².